The summed E-state index contributed by atoms with van der Waals surface area (Å²) in [5.74, 6) is -0.175. The fourth-order valence-corrected chi connectivity index (χ4v) is 10.2. The van der Waals surface area contributed by atoms with E-state index in [1.165, 1.54) is 23.1 Å². The molecule has 4 saturated heterocycles. The Morgan fingerprint density at radius 2 is 1.91 bits per heavy atom. The van der Waals surface area contributed by atoms with Crippen LogP contribution in [-0.2, 0) is 0 Å². The number of rotatable bonds is 6. The van der Waals surface area contributed by atoms with Crippen molar-refractivity contribution in [3.8, 4) is 23.2 Å². The quantitative estimate of drug-likeness (QED) is 0.194. The summed E-state index contributed by atoms with van der Waals surface area (Å²) < 4.78 is 40.1. The Kier molecular flexibility index (Phi) is 8.03. The molecule has 16 heteroatoms. The van der Waals surface area contributed by atoms with Gasteiger partial charge in [0.25, 0.3) is 0 Å². The summed E-state index contributed by atoms with van der Waals surface area (Å²) in [5.41, 5.74) is 5.81. The fourth-order valence-electron chi connectivity index (χ4n) is 8.94. The van der Waals surface area contributed by atoms with E-state index in [4.69, 9.17) is 27.1 Å². The first-order valence-electron chi connectivity index (χ1n) is 18.0. The Balaban J connectivity index is 1.13. The van der Waals surface area contributed by atoms with Crippen LogP contribution in [0.25, 0.3) is 32.1 Å². The number of amides is 1. The molecule has 1 spiro atoms. The molecule has 0 saturated carbocycles. The molecule has 0 aliphatic carbocycles. The highest BCUT2D eigenvalue weighted by Crippen LogP contribution is 2.47. The van der Waals surface area contributed by atoms with Gasteiger partial charge in [-0.25, -0.2) is 18.6 Å². The van der Waals surface area contributed by atoms with Crippen LogP contribution in [0.2, 0.25) is 5.02 Å². The van der Waals surface area contributed by atoms with Crippen molar-refractivity contribution in [1.82, 2.24) is 34.5 Å². The van der Waals surface area contributed by atoms with Crippen LogP contribution in [0.15, 0.2) is 24.5 Å². The number of ether oxygens (including phenoxy) is 1. The van der Waals surface area contributed by atoms with E-state index < -0.39 is 17.2 Å². The van der Waals surface area contributed by atoms with Crippen LogP contribution in [-0.4, -0.2) is 91.0 Å². The van der Waals surface area contributed by atoms with Crippen LogP contribution < -0.4 is 15.4 Å². The topological polar surface area (TPSA) is 142 Å². The number of carbonyl (C=O) groups excluding carboxylic acids is 1. The van der Waals surface area contributed by atoms with Crippen LogP contribution in [0, 0.1) is 23.0 Å². The Hall–Kier alpha value is -4.65. The molecule has 274 valence electrons. The lowest BCUT2D eigenvalue weighted by Gasteiger charge is -2.50. The first-order chi connectivity index (χ1) is 25.5. The third-order valence-corrected chi connectivity index (χ3v) is 13.1. The van der Waals surface area contributed by atoms with E-state index in [0.717, 1.165) is 56.5 Å². The van der Waals surface area contributed by atoms with Gasteiger partial charge in [-0.2, -0.15) is 19.9 Å². The van der Waals surface area contributed by atoms with Crippen molar-refractivity contribution in [3.63, 3.8) is 0 Å². The monoisotopic (exact) mass is 758 g/mol. The van der Waals surface area contributed by atoms with Gasteiger partial charge in [-0.05, 0) is 69.3 Å². The minimum absolute atomic E-state index is 0.0119. The zero-order valence-corrected chi connectivity index (χ0v) is 30.9. The number of nitriles is 1. The molecule has 0 bridgehead atoms. The van der Waals surface area contributed by atoms with Crippen molar-refractivity contribution in [1.29, 1.82) is 5.26 Å². The van der Waals surface area contributed by atoms with Gasteiger partial charge in [-0.15, -0.1) is 16.4 Å². The fraction of sp³-hybridized carbons (Fsp3) is 0.459. The first kappa shape index (κ1) is 34.1. The summed E-state index contributed by atoms with van der Waals surface area (Å²) in [4.78, 5) is 33.9. The van der Waals surface area contributed by atoms with Crippen molar-refractivity contribution in [3.05, 3.63) is 52.6 Å². The number of benzene rings is 2. The van der Waals surface area contributed by atoms with E-state index in [0.29, 0.717) is 49.7 Å². The largest absolute Gasteiger partial charge is 0.461 e. The maximum Gasteiger partial charge on any atom is 0.346 e. The second kappa shape index (κ2) is 12.5. The molecule has 5 aromatic rings. The maximum atomic E-state index is 17.2. The average Bonchev–Trinajstić information content (AvgIpc) is 3.96. The normalized spacial score (nSPS) is 20.9. The number of thiophene rings is 1. The minimum Gasteiger partial charge on any atom is -0.461 e. The summed E-state index contributed by atoms with van der Waals surface area (Å²) in [6.45, 7) is 7.94. The first-order valence-corrected chi connectivity index (χ1v) is 19.2. The Morgan fingerprint density at radius 3 is 2.60 bits per heavy atom. The molecule has 53 heavy (non-hydrogen) atoms. The lowest BCUT2D eigenvalue weighted by molar-refractivity contribution is 0.0399. The molecule has 12 nitrogen and oxygen atoms in total. The van der Waals surface area contributed by atoms with Gasteiger partial charge in [0.15, 0.2) is 11.6 Å². The predicted octanol–water partition coefficient (Wildman–Crippen LogP) is 6.94. The number of fused-ring (bicyclic) bond motifs is 3. The number of nitrogen functional groups attached to an aromatic ring is 1. The number of nitrogens with two attached hydrogens (primary N) is 1. The zero-order chi connectivity index (χ0) is 36.8. The molecule has 1 amide bonds. The summed E-state index contributed by atoms with van der Waals surface area (Å²) in [7, 11) is 0. The number of nitrogens with zero attached hydrogens (tertiary/aromatic N) is 9. The predicted molar refractivity (Wildman–Crippen MR) is 198 cm³/mol. The molecule has 0 radical (unpaired) electrons. The molecular formula is C37H37ClF2N10O2S. The second-order valence-corrected chi connectivity index (χ2v) is 16.5. The van der Waals surface area contributed by atoms with Crippen molar-refractivity contribution in [2.24, 2.45) is 0 Å². The molecule has 7 heterocycles. The number of hydrogen-bond donors (Lipinski definition) is 1. The second-order valence-electron chi connectivity index (χ2n) is 15.0. The average molecular weight is 759 g/mol. The van der Waals surface area contributed by atoms with E-state index in [2.05, 4.69) is 26.0 Å². The molecule has 3 aromatic heterocycles. The SMILES string of the molecule is CC(C)c1ncn(C(=O)N2CCC23CCN(c2nc(OCC45CCCN4CCC5)nc4c(F)c(-c5ccc(F)c6sc(N)c(C#N)c56)c(Cl)cc24)C3)n1. The number of likely N-dealkylation sites (tertiary alicyclic amines) is 1. The van der Waals surface area contributed by atoms with Crippen molar-refractivity contribution in [2.75, 3.05) is 50.0 Å². The number of carbonyl (C=O) groups is 1. The molecule has 1 atom stereocenters. The van der Waals surface area contributed by atoms with Gasteiger partial charge in [-0.1, -0.05) is 31.5 Å². The van der Waals surface area contributed by atoms with E-state index >= 15 is 4.39 Å². The summed E-state index contributed by atoms with van der Waals surface area (Å²) >= 11 is 7.87. The van der Waals surface area contributed by atoms with Crippen LogP contribution in [0.3, 0.4) is 0 Å². The van der Waals surface area contributed by atoms with Crippen LogP contribution in [0.4, 0.5) is 24.4 Å². The molecule has 4 aliphatic rings. The van der Waals surface area contributed by atoms with E-state index in [9.17, 15) is 14.4 Å². The maximum absolute atomic E-state index is 17.2. The van der Waals surface area contributed by atoms with Gasteiger partial charge in [-0.3, -0.25) is 4.90 Å². The van der Waals surface area contributed by atoms with Gasteiger partial charge in [0.05, 0.1) is 26.4 Å². The number of hydrogen-bond acceptors (Lipinski definition) is 11. The molecule has 2 aromatic carbocycles. The minimum atomic E-state index is -0.745. The van der Waals surface area contributed by atoms with Crippen LogP contribution in [0.5, 0.6) is 6.01 Å². The summed E-state index contributed by atoms with van der Waals surface area (Å²) in [5, 5.41) is 15.1. The number of anilines is 2. The van der Waals surface area contributed by atoms with Crippen molar-refractivity contribution < 1.29 is 18.3 Å². The van der Waals surface area contributed by atoms with Gasteiger partial charge in [0.2, 0.25) is 0 Å². The standard InChI is InChI=1S/C37H37ClF2N10O2S/c1-20(2)32-43-19-50(46-32)35(51)49-14-10-36(49)9-13-47(17-36)33-22-15-24(38)27(21-5-6-25(39)30-26(21)23(16-41)31(42)53-30)28(40)29(22)44-34(45-33)52-18-37-7-3-11-48(37)12-4-8-37/h5-6,15,19-20H,3-4,7-14,17-18,42H2,1-2H3. The number of halogens is 3. The van der Waals surface area contributed by atoms with Crippen molar-refractivity contribution >= 4 is 60.8 Å². The summed E-state index contributed by atoms with van der Waals surface area (Å²) in [6.07, 6.45) is 7.12. The molecule has 4 fully saturated rings. The Morgan fingerprint density at radius 1 is 1.13 bits per heavy atom. The third kappa shape index (κ3) is 5.24. The van der Waals surface area contributed by atoms with Gasteiger partial charge in [0.1, 0.15) is 41.2 Å². The highest BCUT2D eigenvalue weighted by Gasteiger charge is 2.53. The van der Waals surface area contributed by atoms with Gasteiger partial charge >= 0.3 is 12.0 Å². The zero-order valence-electron chi connectivity index (χ0n) is 29.3. The van der Waals surface area contributed by atoms with Crippen LogP contribution >= 0.6 is 22.9 Å². The van der Waals surface area contributed by atoms with E-state index in [-0.39, 0.29) is 65.8 Å². The highest BCUT2D eigenvalue weighted by atomic mass is 35.5. The highest BCUT2D eigenvalue weighted by molar-refractivity contribution is 7.23. The Labute approximate surface area is 313 Å². The smallest absolute Gasteiger partial charge is 0.346 e. The van der Waals surface area contributed by atoms with E-state index in [1.54, 1.807) is 6.07 Å². The molecule has 9 rings (SSSR count). The van der Waals surface area contributed by atoms with E-state index in [1.807, 2.05) is 23.6 Å². The summed E-state index contributed by atoms with van der Waals surface area (Å²) in [6, 6.07) is 6.12. The molecule has 1 unspecified atom stereocenters. The van der Waals surface area contributed by atoms with Crippen molar-refractivity contribution in [2.45, 2.75) is 69.4 Å². The molecular weight excluding hydrogens is 722 g/mol. The molecule has 4 aliphatic heterocycles. The van der Waals surface area contributed by atoms with Gasteiger partial charge in [0, 0.05) is 41.9 Å². The number of aromatic nitrogens is 5. The lowest BCUT2D eigenvalue weighted by atomic mass is 9.84. The third-order valence-electron chi connectivity index (χ3n) is 11.8. The van der Waals surface area contributed by atoms with Gasteiger partial charge < -0.3 is 20.3 Å². The lowest BCUT2D eigenvalue weighted by Crippen LogP contribution is -2.64. The van der Waals surface area contributed by atoms with Crippen LogP contribution in [0.1, 0.15) is 69.7 Å². The Bertz CT molecular complexity index is 2370. The molecule has 2 N–H and O–H groups in total.